The molecule has 0 spiro atoms. The Balaban J connectivity index is 2.26. The summed E-state index contributed by atoms with van der Waals surface area (Å²) in [6.07, 6.45) is 6.64. The molecular formula is C11H15N2O2+. The molecule has 1 rings (SSSR count). The first kappa shape index (κ1) is 11.3. The maximum Gasteiger partial charge on any atom is 0.275 e. The van der Waals surface area contributed by atoms with Crippen LogP contribution < -0.4 is 10.6 Å². The second kappa shape index (κ2) is 5.89. The van der Waals surface area contributed by atoms with Gasteiger partial charge in [-0.3, -0.25) is 4.79 Å². The summed E-state index contributed by atoms with van der Waals surface area (Å²) in [5, 5.41) is 4.49. The van der Waals surface area contributed by atoms with Gasteiger partial charge in [0.25, 0.3) is 5.91 Å². The third-order valence-corrected chi connectivity index (χ3v) is 2.04. The third-order valence-electron chi connectivity index (χ3n) is 2.04. The highest BCUT2D eigenvalue weighted by Gasteiger charge is 2.12. The Bertz CT molecular complexity index is 338. The van der Waals surface area contributed by atoms with Crippen molar-refractivity contribution in [3.05, 3.63) is 24.2 Å². The van der Waals surface area contributed by atoms with Gasteiger partial charge in [-0.05, 0) is 19.1 Å². The van der Waals surface area contributed by atoms with Gasteiger partial charge in [-0.25, -0.2) is 0 Å². The summed E-state index contributed by atoms with van der Waals surface area (Å²) < 4.78 is 5.21. The van der Waals surface area contributed by atoms with Crippen LogP contribution in [0.4, 0.5) is 0 Å². The van der Waals surface area contributed by atoms with Crippen LogP contribution in [0.15, 0.2) is 22.8 Å². The smallest absolute Gasteiger partial charge is 0.275 e. The number of nitrogens with two attached hydrogens (primary N) is 1. The molecule has 1 aromatic rings. The molecule has 1 aromatic heterocycles. The van der Waals surface area contributed by atoms with Crippen molar-refractivity contribution in [2.75, 3.05) is 13.1 Å². The van der Waals surface area contributed by atoms with Crippen molar-refractivity contribution in [3.8, 4) is 12.3 Å². The van der Waals surface area contributed by atoms with Gasteiger partial charge in [0.2, 0.25) is 0 Å². The second-order valence-electron chi connectivity index (χ2n) is 3.22. The first-order valence-electron chi connectivity index (χ1n) is 4.81. The van der Waals surface area contributed by atoms with Crippen molar-refractivity contribution in [2.24, 2.45) is 0 Å². The average Bonchev–Trinajstić information content (AvgIpc) is 2.76. The minimum absolute atomic E-state index is 0.0636. The van der Waals surface area contributed by atoms with Gasteiger partial charge >= 0.3 is 0 Å². The molecular weight excluding hydrogens is 192 g/mol. The summed E-state index contributed by atoms with van der Waals surface area (Å²) in [6.45, 7) is 2.61. The quantitative estimate of drug-likeness (QED) is 0.649. The van der Waals surface area contributed by atoms with Crippen LogP contribution in [0.2, 0.25) is 0 Å². The molecule has 0 radical (unpaired) electrons. The predicted octanol–water partition coefficient (Wildman–Crippen LogP) is -0.347. The van der Waals surface area contributed by atoms with E-state index >= 15 is 0 Å². The van der Waals surface area contributed by atoms with Gasteiger partial charge in [0.05, 0.1) is 12.8 Å². The fourth-order valence-corrected chi connectivity index (χ4v) is 1.17. The van der Waals surface area contributed by atoms with Crippen molar-refractivity contribution >= 4 is 5.91 Å². The van der Waals surface area contributed by atoms with Gasteiger partial charge in [0, 0.05) is 0 Å². The van der Waals surface area contributed by atoms with E-state index in [1.807, 2.05) is 24.4 Å². The zero-order valence-corrected chi connectivity index (χ0v) is 8.69. The summed E-state index contributed by atoms with van der Waals surface area (Å²) in [7, 11) is 0. The largest absolute Gasteiger partial charge is 0.463 e. The summed E-state index contributed by atoms with van der Waals surface area (Å²) in [5.41, 5.74) is 0. The molecule has 0 aliphatic rings. The van der Waals surface area contributed by atoms with E-state index in [1.54, 1.807) is 6.26 Å². The van der Waals surface area contributed by atoms with E-state index in [0.29, 0.717) is 6.54 Å². The van der Waals surface area contributed by atoms with Crippen molar-refractivity contribution in [3.63, 3.8) is 0 Å². The summed E-state index contributed by atoms with van der Waals surface area (Å²) in [4.78, 5) is 11.2. The Morgan fingerprint density at radius 1 is 1.80 bits per heavy atom. The lowest BCUT2D eigenvalue weighted by atomic mass is 10.2. The van der Waals surface area contributed by atoms with Crippen LogP contribution in [-0.4, -0.2) is 19.0 Å². The van der Waals surface area contributed by atoms with Gasteiger partial charge < -0.3 is 15.1 Å². The number of terminal acetylenes is 1. The maximum atomic E-state index is 11.2. The van der Waals surface area contributed by atoms with Crippen LogP contribution in [-0.2, 0) is 4.79 Å². The lowest BCUT2D eigenvalue weighted by molar-refractivity contribution is -0.684. The van der Waals surface area contributed by atoms with Crippen LogP contribution in [0, 0.1) is 12.3 Å². The molecule has 0 aliphatic heterocycles. The maximum absolute atomic E-state index is 11.2. The van der Waals surface area contributed by atoms with Gasteiger partial charge in [0.15, 0.2) is 12.3 Å². The predicted molar refractivity (Wildman–Crippen MR) is 55.8 cm³/mol. The number of carbonyl (C=O) groups excluding carboxylic acids is 1. The fourth-order valence-electron chi connectivity index (χ4n) is 1.17. The van der Waals surface area contributed by atoms with Crippen molar-refractivity contribution in [1.29, 1.82) is 0 Å². The van der Waals surface area contributed by atoms with Gasteiger partial charge in [-0.15, -0.1) is 6.42 Å². The Kier molecular flexibility index (Phi) is 4.45. The van der Waals surface area contributed by atoms with E-state index in [9.17, 15) is 4.79 Å². The van der Waals surface area contributed by atoms with Crippen LogP contribution in [0.1, 0.15) is 18.7 Å². The zero-order valence-electron chi connectivity index (χ0n) is 8.69. The zero-order chi connectivity index (χ0) is 11.1. The van der Waals surface area contributed by atoms with Crippen LogP contribution in [0.3, 0.4) is 0 Å². The fraction of sp³-hybridized carbons (Fsp3) is 0.364. The van der Waals surface area contributed by atoms with E-state index in [4.69, 9.17) is 10.8 Å². The van der Waals surface area contributed by atoms with Crippen molar-refractivity contribution in [2.45, 2.75) is 13.0 Å². The molecule has 0 bridgehead atoms. The lowest BCUT2D eigenvalue weighted by Crippen LogP contribution is -2.87. The molecule has 0 unspecified atom stereocenters. The number of nitrogens with one attached hydrogen (secondary N) is 1. The number of hydrogen-bond donors (Lipinski definition) is 2. The topological polar surface area (TPSA) is 58.9 Å². The molecule has 80 valence electrons. The van der Waals surface area contributed by atoms with E-state index < -0.39 is 0 Å². The molecule has 3 N–H and O–H groups in total. The number of hydrogen-bond acceptors (Lipinski definition) is 2. The van der Waals surface area contributed by atoms with E-state index in [1.165, 1.54) is 0 Å². The van der Waals surface area contributed by atoms with E-state index in [2.05, 4.69) is 11.2 Å². The Morgan fingerprint density at radius 2 is 2.60 bits per heavy atom. The van der Waals surface area contributed by atoms with E-state index in [0.717, 1.165) is 5.76 Å². The van der Waals surface area contributed by atoms with Crippen LogP contribution in [0.25, 0.3) is 0 Å². The van der Waals surface area contributed by atoms with Gasteiger partial charge in [-0.2, -0.15) is 0 Å². The first-order chi connectivity index (χ1) is 7.24. The molecule has 1 heterocycles. The monoisotopic (exact) mass is 207 g/mol. The highest BCUT2D eigenvalue weighted by molar-refractivity contribution is 5.76. The number of furan rings is 1. The molecule has 0 saturated carbocycles. The summed E-state index contributed by atoms with van der Waals surface area (Å²) in [5.74, 6) is 3.15. The van der Waals surface area contributed by atoms with Crippen LogP contribution in [0.5, 0.6) is 0 Å². The highest BCUT2D eigenvalue weighted by atomic mass is 16.3. The van der Waals surface area contributed by atoms with Crippen molar-refractivity contribution < 1.29 is 14.5 Å². The summed E-state index contributed by atoms with van der Waals surface area (Å²) in [6, 6.07) is 3.86. The average molecular weight is 207 g/mol. The van der Waals surface area contributed by atoms with Gasteiger partial charge in [0.1, 0.15) is 6.04 Å². The highest BCUT2D eigenvalue weighted by Crippen LogP contribution is 2.06. The molecule has 0 aliphatic carbocycles. The molecule has 15 heavy (non-hydrogen) atoms. The molecule has 4 nitrogen and oxygen atoms in total. The second-order valence-corrected chi connectivity index (χ2v) is 3.22. The normalized spacial score (nSPS) is 11.7. The number of rotatable bonds is 5. The number of carbonyl (C=O) groups is 1. The molecule has 4 heteroatoms. The molecule has 1 amide bonds. The van der Waals surface area contributed by atoms with E-state index in [-0.39, 0.29) is 18.5 Å². The summed E-state index contributed by atoms with van der Waals surface area (Å²) >= 11 is 0. The third kappa shape index (κ3) is 3.88. The Morgan fingerprint density at radius 3 is 3.20 bits per heavy atom. The minimum atomic E-state index is -0.0636. The minimum Gasteiger partial charge on any atom is -0.463 e. The number of quaternary nitrogens is 1. The Labute approximate surface area is 89.0 Å². The van der Waals surface area contributed by atoms with Crippen molar-refractivity contribution in [1.82, 2.24) is 5.32 Å². The van der Waals surface area contributed by atoms with Gasteiger partial charge in [-0.1, -0.05) is 5.92 Å². The Hall–Kier alpha value is -1.73. The first-order valence-corrected chi connectivity index (χ1v) is 4.81. The standard InChI is InChI=1S/C11H14N2O2/c1-3-6-12-11(14)8-13-9(2)10-5-4-7-15-10/h1,4-5,7,9,13H,6,8H2,2H3,(H,12,14)/p+1/t9-/m1/s1. The van der Waals surface area contributed by atoms with Crippen LogP contribution >= 0.6 is 0 Å². The lowest BCUT2D eigenvalue weighted by Gasteiger charge is -2.07. The molecule has 0 saturated heterocycles. The molecule has 0 fully saturated rings. The SMILES string of the molecule is C#CCNC(=O)C[NH2+][C@H](C)c1ccco1. The number of amides is 1. The molecule has 1 atom stereocenters. The molecule has 0 aromatic carbocycles.